The smallest absolute Gasteiger partial charge is 0.250 e. The first-order valence-corrected chi connectivity index (χ1v) is 9.23. The number of primary amides is 1. The fraction of sp³-hybridized carbons (Fsp3) is 0.286. The summed E-state index contributed by atoms with van der Waals surface area (Å²) < 4.78 is 0. The number of aryl methyl sites for hydroxylation is 1. The number of rotatable bonds is 5. The van der Waals surface area contributed by atoms with Crippen molar-refractivity contribution >= 4 is 22.6 Å². The van der Waals surface area contributed by atoms with Crippen molar-refractivity contribution in [1.29, 1.82) is 0 Å². The highest BCUT2D eigenvalue weighted by Crippen LogP contribution is 2.30. The van der Waals surface area contributed by atoms with E-state index in [1.807, 2.05) is 12.1 Å². The zero-order valence-electron chi connectivity index (χ0n) is 15.3. The highest BCUT2D eigenvalue weighted by Gasteiger charge is 2.27. The summed E-state index contributed by atoms with van der Waals surface area (Å²) in [5.74, 6) is 0.222. The van der Waals surface area contributed by atoms with Crippen molar-refractivity contribution in [2.24, 2.45) is 5.73 Å². The van der Waals surface area contributed by atoms with Gasteiger partial charge in [-0.05, 0) is 44.0 Å². The number of aromatic nitrogens is 2. The molecule has 0 aliphatic carbocycles. The summed E-state index contributed by atoms with van der Waals surface area (Å²) in [6.07, 6.45) is 3.73. The highest BCUT2D eigenvalue weighted by molar-refractivity contribution is 6.06. The van der Waals surface area contributed by atoms with Gasteiger partial charge in [-0.15, -0.1) is 0 Å². The third kappa shape index (κ3) is 3.48. The lowest BCUT2D eigenvalue weighted by molar-refractivity contribution is 0.100. The second-order valence-electron chi connectivity index (χ2n) is 7.02. The number of nitrogens with zero attached hydrogens (tertiary/aromatic N) is 2. The number of nitrogens with one attached hydrogen (secondary N) is 2. The number of anilines is 1. The highest BCUT2D eigenvalue weighted by atomic mass is 16.1. The predicted molar refractivity (Wildman–Crippen MR) is 107 cm³/mol. The molecular weight excluding hydrogens is 338 g/mol. The molecule has 3 aromatic rings. The Morgan fingerprint density at radius 2 is 2.04 bits per heavy atom. The maximum atomic E-state index is 11.7. The first-order valence-electron chi connectivity index (χ1n) is 9.23. The standard InChI is InChI=1S/C21H23N5O/c1-13-7-9-14(10-8-13)18(17-6-3-11-23-17)26-21-16-5-2-4-15(20(22)27)19(16)24-12-25-21/h2,4-5,7-10,12,17-18,23H,3,6,11H2,1H3,(H2,22,27)(H,24,25,26)/t17?,18-/m0/s1. The van der Waals surface area contributed by atoms with Gasteiger partial charge in [0.25, 0.3) is 5.91 Å². The summed E-state index contributed by atoms with van der Waals surface area (Å²) in [5.41, 5.74) is 8.92. The Morgan fingerprint density at radius 1 is 1.22 bits per heavy atom. The molecule has 2 aromatic carbocycles. The van der Waals surface area contributed by atoms with Crippen LogP contribution in [0.2, 0.25) is 0 Å². The van der Waals surface area contributed by atoms with E-state index in [1.54, 1.807) is 6.07 Å². The molecule has 6 nitrogen and oxygen atoms in total. The molecular formula is C21H23N5O. The molecule has 1 aliphatic rings. The molecule has 0 saturated carbocycles. The summed E-state index contributed by atoms with van der Waals surface area (Å²) in [7, 11) is 0. The number of amides is 1. The number of benzene rings is 2. The Bertz CT molecular complexity index is 964. The molecule has 4 rings (SSSR count). The van der Waals surface area contributed by atoms with Crippen LogP contribution in [0, 0.1) is 6.92 Å². The zero-order valence-corrected chi connectivity index (χ0v) is 15.3. The van der Waals surface area contributed by atoms with Crippen LogP contribution in [0.5, 0.6) is 0 Å². The molecule has 0 bridgehead atoms. The van der Waals surface area contributed by atoms with Crippen molar-refractivity contribution in [1.82, 2.24) is 15.3 Å². The van der Waals surface area contributed by atoms with Crippen molar-refractivity contribution in [3.8, 4) is 0 Å². The Hall–Kier alpha value is -2.99. The molecule has 6 heteroatoms. The third-order valence-electron chi connectivity index (χ3n) is 5.16. The lowest BCUT2D eigenvalue weighted by Crippen LogP contribution is -2.33. The molecule has 1 aromatic heterocycles. The zero-order chi connectivity index (χ0) is 18.8. The number of hydrogen-bond acceptors (Lipinski definition) is 5. The Morgan fingerprint density at radius 3 is 2.74 bits per heavy atom. The maximum Gasteiger partial charge on any atom is 0.250 e. The monoisotopic (exact) mass is 361 g/mol. The first kappa shape index (κ1) is 17.4. The second-order valence-corrected chi connectivity index (χ2v) is 7.02. The van der Waals surface area contributed by atoms with E-state index in [4.69, 9.17) is 5.73 Å². The minimum absolute atomic E-state index is 0.0726. The molecule has 2 atom stereocenters. The minimum Gasteiger partial charge on any atom is -0.366 e. The van der Waals surface area contributed by atoms with Crippen molar-refractivity contribution in [3.05, 3.63) is 65.5 Å². The number of fused-ring (bicyclic) bond motifs is 1. The Kier molecular flexibility index (Phi) is 4.73. The summed E-state index contributed by atoms with van der Waals surface area (Å²) >= 11 is 0. The van der Waals surface area contributed by atoms with Gasteiger partial charge in [0.05, 0.1) is 17.1 Å². The first-order chi connectivity index (χ1) is 13.1. The number of para-hydroxylation sites is 1. The van der Waals surface area contributed by atoms with Crippen LogP contribution < -0.4 is 16.4 Å². The fourth-order valence-electron chi connectivity index (χ4n) is 3.73. The molecule has 4 N–H and O–H groups in total. The molecule has 138 valence electrons. The fourth-order valence-corrected chi connectivity index (χ4v) is 3.73. The number of hydrogen-bond donors (Lipinski definition) is 3. The molecule has 1 fully saturated rings. The van der Waals surface area contributed by atoms with E-state index in [-0.39, 0.29) is 6.04 Å². The molecule has 0 radical (unpaired) electrons. The lowest BCUT2D eigenvalue weighted by Gasteiger charge is -2.26. The minimum atomic E-state index is -0.488. The summed E-state index contributed by atoms with van der Waals surface area (Å²) in [5, 5.41) is 7.98. The van der Waals surface area contributed by atoms with Crippen LogP contribution in [0.25, 0.3) is 10.9 Å². The molecule has 1 aliphatic heterocycles. The summed E-state index contributed by atoms with van der Waals surface area (Å²) in [4.78, 5) is 20.5. The average Bonchev–Trinajstić information content (AvgIpc) is 3.21. The van der Waals surface area contributed by atoms with Gasteiger partial charge in [0.2, 0.25) is 0 Å². The van der Waals surface area contributed by atoms with Crippen LogP contribution in [0.3, 0.4) is 0 Å². The van der Waals surface area contributed by atoms with Gasteiger partial charge < -0.3 is 16.4 Å². The van der Waals surface area contributed by atoms with E-state index in [1.165, 1.54) is 17.5 Å². The van der Waals surface area contributed by atoms with Gasteiger partial charge in [0.15, 0.2) is 0 Å². The second kappa shape index (κ2) is 7.32. The average molecular weight is 361 g/mol. The van der Waals surface area contributed by atoms with E-state index in [9.17, 15) is 4.79 Å². The van der Waals surface area contributed by atoms with Gasteiger partial charge in [-0.3, -0.25) is 4.79 Å². The van der Waals surface area contributed by atoms with Crippen LogP contribution in [-0.2, 0) is 0 Å². The van der Waals surface area contributed by atoms with Crippen LogP contribution in [0.15, 0.2) is 48.8 Å². The summed E-state index contributed by atoms with van der Waals surface area (Å²) in [6, 6.07) is 14.4. The van der Waals surface area contributed by atoms with Gasteiger partial charge in [-0.1, -0.05) is 35.9 Å². The SMILES string of the molecule is Cc1ccc([C@H](Nc2ncnc3c(C(N)=O)cccc23)C2CCCN2)cc1. The third-order valence-corrected chi connectivity index (χ3v) is 5.16. The quantitative estimate of drug-likeness (QED) is 0.650. The van der Waals surface area contributed by atoms with Crippen LogP contribution in [0.4, 0.5) is 5.82 Å². The van der Waals surface area contributed by atoms with Crippen molar-refractivity contribution < 1.29 is 4.79 Å². The van der Waals surface area contributed by atoms with E-state index in [0.717, 1.165) is 24.8 Å². The largest absolute Gasteiger partial charge is 0.366 e. The molecule has 27 heavy (non-hydrogen) atoms. The van der Waals surface area contributed by atoms with Gasteiger partial charge in [-0.25, -0.2) is 9.97 Å². The summed E-state index contributed by atoms with van der Waals surface area (Å²) in [6.45, 7) is 3.11. The van der Waals surface area contributed by atoms with Crippen LogP contribution in [-0.4, -0.2) is 28.5 Å². The van der Waals surface area contributed by atoms with Gasteiger partial charge in [0, 0.05) is 11.4 Å². The van der Waals surface area contributed by atoms with Crippen LogP contribution >= 0.6 is 0 Å². The van der Waals surface area contributed by atoms with Crippen molar-refractivity contribution in [3.63, 3.8) is 0 Å². The predicted octanol–water partition coefficient (Wildman–Crippen LogP) is 2.94. The van der Waals surface area contributed by atoms with E-state index >= 15 is 0 Å². The van der Waals surface area contributed by atoms with Gasteiger partial charge >= 0.3 is 0 Å². The number of carbonyl (C=O) groups excluding carboxylic acids is 1. The van der Waals surface area contributed by atoms with Crippen LogP contribution in [0.1, 0.15) is 40.4 Å². The normalized spacial score (nSPS) is 17.7. The van der Waals surface area contributed by atoms with E-state index in [2.05, 4.69) is 51.8 Å². The number of nitrogens with two attached hydrogens (primary N) is 1. The Labute approximate surface area is 158 Å². The Balaban J connectivity index is 1.76. The molecule has 1 unspecified atom stereocenters. The molecule has 1 saturated heterocycles. The number of carbonyl (C=O) groups is 1. The van der Waals surface area contributed by atoms with E-state index in [0.29, 0.717) is 22.9 Å². The molecule has 2 heterocycles. The van der Waals surface area contributed by atoms with Gasteiger partial charge in [0.1, 0.15) is 12.1 Å². The maximum absolute atomic E-state index is 11.7. The van der Waals surface area contributed by atoms with Crippen molar-refractivity contribution in [2.45, 2.75) is 31.8 Å². The van der Waals surface area contributed by atoms with E-state index < -0.39 is 5.91 Å². The topological polar surface area (TPSA) is 92.9 Å². The molecule has 1 amide bonds. The lowest BCUT2D eigenvalue weighted by atomic mass is 9.97. The van der Waals surface area contributed by atoms with Gasteiger partial charge in [-0.2, -0.15) is 0 Å². The van der Waals surface area contributed by atoms with Crippen molar-refractivity contribution in [2.75, 3.05) is 11.9 Å². The molecule has 0 spiro atoms.